The van der Waals surface area contributed by atoms with Gasteiger partial charge in [0, 0.05) is 23.1 Å². The predicted octanol–water partition coefficient (Wildman–Crippen LogP) is 3.94. The maximum Gasteiger partial charge on any atom is 0.0443 e. The van der Waals surface area contributed by atoms with Crippen LogP contribution in [-0.4, -0.2) is 28.8 Å². The van der Waals surface area contributed by atoms with Gasteiger partial charge in [-0.05, 0) is 49.8 Å². The maximum atomic E-state index is 9.16. The molecule has 0 heterocycles. The van der Waals surface area contributed by atoms with E-state index in [0.717, 1.165) is 13.0 Å². The van der Waals surface area contributed by atoms with Gasteiger partial charge in [0.25, 0.3) is 0 Å². The highest BCUT2D eigenvalue weighted by Crippen LogP contribution is 2.38. The molecule has 0 saturated heterocycles. The Hall–Kier alpha value is -0.510. The topological polar surface area (TPSA) is 32.3 Å². The quantitative estimate of drug-likeness (QED) is 0.749. The zero-order chi connectivity index (χ0) is 15.1. The third-order valence-corrected chi connectivity index (χ3v) is 5.81. The summed E-state index contributed by atoms with van der Waals surface area (Å²) in [5, 5.41) is 14.1. The summed E-state index contributed by atoms with van der Waals surface area (Å²) >= 11 is 2.06. The lowest BCUT2D eigenvalue weighted by Crippen LogP contribution is -2.31. The molecule has 0 aromatic heterocycles. The Kier molecular flexibility index (Phi) is 7.08. The summed E-state index contributed by atoms with van der Waals surface area (Å²) < 4.78 is 0. The fourth-order valence-electron chi connectivity index (χ4n) is 3.16. The number of aryl methyl sites for hydroxylation is 1. The van der Waals surface area contributed by atoms with Crippen molar-refractivity contribution in [2.24, 2.45) is 0 Å². The molecule has 0 aliphatic heterocycles. The highest BCUT2D eigenvalue weighted by Gasteiger charge is 2.28. The number of hydrogen-bond acceptors (Lipinski definition) is 3. The standard InChI is InChI=1S/C18H29NOS/c1-3-12-19-18-16-9-5-4-7-15(16)8-6-10-17(18)21-14(2)11-13-20/h4-5,7,9,14,17-20H,3,6,8,10-13H2,1-2H3. The Bertz CT molecular complexity index is 423. The molecule has 0 saturated carbocycles. The Balaban J connectivity index is 2.17. The van der Waals surface area contributed by atoms with Crippen LogP contribution >= 0.6 is 11.8 Å². The molecule has 3 atom stereocenters. The number of thioether (sulfide) groups is 1. The van der Waals surface area contributed by atoms with Crippen LogP contribution < -0.4 is 5.32 Å². The van der Waals surface area contributed by atoms with E-state index in [2.05, 4.69) is 55.2 Å². The van der Waals surface area contributed by atoms with Crippen molar-refractivity contribution < 1.29 is 5.11 Å². The molecule has 2 N–H and O–H groups in total. The number of aliphatic hydroxyl groups is 1. The van der Waals surface area contributed by atoms with Crippen molar-refractivity contribution in [3.63, 3.8) is 0 Å². The summed E-state index contributed by atoms with van der Waals surface area (Å²) in [5.74, 6) is 0. The van der Waals surface area contributed by atoms with Crippen molar-refractivity contribution in [1.82, 2.24) is 5.32 Å². The largest absolute Gasteiger partial charge is 0.396 e. The Morgan fingerprint density at radius 2 is 2.19 bits per heavy atom. The smallest absolute Gasteiger partial charge is 0.0443 e. The van der Waals surface area contributed by atoms with Crippen LogP contribution in [0.2, 0.25) is 0 Å². The van der Waals surface area contributed by atoms with E-state index in [9.17, 15) is 0 Å². The SMILES string of the molecule is CCCNC1c2ccccc2CCCC1SC(C)CCO. The predicted molar refractivity (Wildman–Crippen MR) is 93.0 cm³/mol. The van der Waals surface area contributed by atoms with Crippen LogP contribution in [-0.2, 0) is 6.42 Å². The van der Waals surface area contributed by atoms with Crippen molar-refractivity contribution in [1.29, 1.82) is 0 Å². The van der Waals surface area contributed by atoms with Crippen molar-refractivity contribution in [3.05, 3.63) is 35.4 Å². The normalized spacial score (nSPS) is 23.4. The molecule has 0 bridgehead atoms. The van der Waals surface area contributed by atoms with Gasteiger partial charge in [0.2, 0.25) is 0 Å². The average molecular weight is 308 g/mol. The summed E-state index contributed by atoms with van der Waals surface area (Å²) in [5.41, 5.74) is 3.01. The van der Waals surface area contributed by atoms with E-state index in [-0.39, 0.29) is 0 Å². The van der Waals surface area contributed by atoms with Gasteiger partial charge in [-0.3, -0.25) is 0 Å². The van der Waals surface area contributed by atoms with E-state index in [1.807, 2.05) is 0 Å². The van der Waals surface area contributed by atoms with Crippen LogP contribution in [0.15, 0.2) is 24.3 Å². The number of nitrogens with one attached hydrogen (secondary N) is 1. The van der Waals surface area contributed by atoms with Crippen LogP contribution in [0, 0.1) is 0 Å². The first-order valence-corrected chi connectivity index (χ1v) is 9.28. The summed E-state index contributed by atoms with van der Waals surface area (Å²) in [4.78, 5) is 0. The minimum Gasteiger partial charge on any atom is -0.396 e. The van der Waals surface area contributed by atoms with Crippen LogP contribution in [0.3, 0.4) is 0 Å². The van der Waals surface area contributed by atoms with Gasteiger partial charge in [0.15, 0.2) is 0 Å². The van der Waals surface area contributed by atoms with Crippen LogP contribution in [0.5, 0.6) is 0 Å². The minimum absolute atomic E-state index is 0.296. The second-order valence-corrected chi connectivity index (χ2v) is 7.70. The molecule has 0 radical (unpaired) electrons. The van der Waals surface area contributed by atoms with E-state index in [0.29, 0.717) is 23.1 Å². The van der Waals surface area contributed by atoms with Gasteiger partial charge in [-0.1, -0.05) is 38.1 Å². The van der Waals surface area contributed by atoms with Crippen molar-refractivity contribution in [2.75, 3.05) is 13.2 Å². The Morgan fingerprint density at radius 1 is 1.38 bits per heavy atom. The first kappa shape index (κ1) is 16.9. The fraction of sp³-hybridized carbons (Fsp3) is 0.667. The zero-order valence-electron chi connectivity index (χ0n) is 13.3. The first-order chi connectivity index (χ1) is 10.3. The van der Waals surface area contributed by atoms with E-state index in [4.69, 9.17) is 5.11 Å². The summed E-state index contributed by atoms with van der Waals surface area (Å²) in [6, 6.07) is 9.38. The third kappa shape index (κ3) is 4.73. The van der Waals surface area contributed by atoms with E-state index in [1.54, 1.807) is 0 Å². The van der Waals surface area contributed by atoms with Gasteiger partial charge < -0.3 is 10.4 Å². The second-order valence-electron chi connectivity index (χ2n) is 6.02. The summed E-state index contributed by atoms with van der Waals surface area (Å²) in [6.07, 6.45) is 5.79. The number of benzene rings is 1. The first-order valence-electron chi connectivity index (χ1n) is 8.33. The molecule has 0 fully saturated rings. The lowest BCUT2D eigenvalue weighted by atomic mass is 9.99. The van der Waals surface area contributed by atoms with Crippen molar-refractivity contribution >= 4 is 11.8 Å². The summed E-state index contributed by atoms with van der Waals surface area (Å²) in [7, 11) is 0. The molecule has 0 spiro atoms. The number of rotatable bonds is 7. The minimum atomic E-state index is 0.296. The van der Waals surface area contributed by atoms with Crippen LogP contribution in [0.4, 0.5) is 0 Å². The Labute approximate surface area is 133 Å². The van der Waals surface area contributed by atoms with Gasteiger partial charge in [0.05, 0.1) is 0 Å². The molecule has 1 aromatic carbocycles. The zero-order valence-corrected chi connectivity index (χ0v) is 14.2. The molecule has 118 valence electrons. The molecule has 1 aliphatic rings. The molecular weight excluding hydrogens is 278 g/mol. The number of hydrogen-bond donors (Lipinski definition) is 2. The van der Waals surface area contributed by atoms with Gasteiger partial charge in [0.1, 0.15) is 0 Å². The maximum absolute atomic E-state index is 9.16. The molecular formula is C18H29NOS. The van der Waals surface area contributed by atoms with E-state index >= 15 is 0 Å². The lowest BCUT2D eigenvalue weighted by molar-refractivity contribution is 0.288. The number of aliphatic hydroxyl groups excluding tert-OH is 1. The molecule has 2 rings (SSSR count). The third-order valence-electron chi connectivity index (χ3n) is 4.25. The number of fused-ring (bicyclic) bond motifs is 1. The summed E-state index contributed by atoms with van der Waals surface area (Å²) in [6.45, 7) is 5.84. The second kappa shape index (κ2) is 8.82. The average Bonchev–Trinajstić information content (AvgIpc) is 2.65. The highest BCUT2D eigenvalue weighted by molar-refractivity contribution is 8.00. The van der Waals surface area contributed by atoms with Crippen LogP contribution in [0.1, 0.15) is 56.7 Å². The fourth-order valence-corrected chi connectivity index (χ4v) is 4.70. The monoisotopic (exact) mass is 307 g/mol. The molecule has 2 nitrogen and oxygen atoms in total. The van der Waals surface area contributed by atoms with E-state index < -0.39 is 0 Å². The van der Waals surface area contributed by atoms with Gasteiger partial charge in [-0.25, -0.2) is 0 Å². The lowest BCUT2D eigenvalue weighted by Gasteiger charge is -2.29. The molecule has 3 unspecified atom stereocenters. The van der Waals surface area contributed by atoms with E-state index in [1.165, 1.54) is 36.8 Å². The molecule has 0 amide bonds. The van der Waals surface area contributed by atoms with Crippen molar-refractivity contribution in [2.45, 2.75) is 62.5 Å². The van der Waals surface area contributed by atoms with Gasteiger partial charge in [-0.2, -0.15) is 11.8 Å². The highest BCUT2D eigenvalue weighted by atomic mass is 32.2. The van der Waals surface area contributed by atoms with Crippen LogP contribution in [0.25, 0.3) is 0 Å². The Morgan fingerprint density at radius 3 is 2.95 bits per heavy atom. The molecule has 1 aromatic rings. The van der Waals surface area contributed by atoms with Gasteiger partial charge in [-0.15, -0.1) is 0 Å². The van der Waals surface area contributed by atoms with Crippen molar-refractivity contribution in [3.8, 4) is 0 Å². The molecule has 1 aliphatic carbocycles. The van der Waals surface area contributed by atoms with Gasteiger partial charge >= 0.3 is 0 Å². The molecule has 3 heteroatoms. The molecule has 21 heavy (non-hydrogen) atoms.